The van der Waals surface area contributed by atoms with Crippen molar-refractivity contribution < 1.29 is 0 Å². The van der Waals surface area contributed by atoms with Crippen molar-refractivity contribution >= 4 is 5.69 Å². The lowest BCUT2D eigenvalue weighted by molar-refractivity contribution is 0.306. The lowest BCUT2D eigenvalue weighted by Gasteiger charge is -2.39. The summed E-state index contributed by atoms with van der Waals surface area (Å²) in [6.07, 6.45) is 1.26. The van der Waals surface area contributed by atoms with Gasteiger partial charge in [0.05, 0.1) is 0 Å². The van der Waals surface area contributed by atoms with Crippen LogP contribution in [0.1, 0.15) is 23.5 Å². The summed E-state index contributed by atoms with van der Waals surface area (Å²) in [5.41, 5.74) is 5.59. The molecule has 2 aromatic rings. The van der Waals surface area contributed by atoms with E-state index in [0.717, 1.165) is 26.2 Å². The Labute approximate surface area is 145 Å². The van der Waals surface area contributed by atoms with Crippen molar-refractivity contribution in [1.29, 1.82) is 0 Å². The zero-order chi connectivity index (χ0) is 16.5. The van der Waals surface area contributed by atoms with Gasteiger partial charge in [0.25, 0.3) is 0 Å². The zero-order valence-electron chi connectivity index (χ0n) is 14.5. The first kappa shape index (κ1) is 15.3. The van der Waals surface area contributed by atoms with Gasteiger partial charge >= 0.3 is 0 Å². The highest BCUT2D eigenvalue weighted by Crippen LogP contribution is 2.52. The molecule has 0 amide bonds. The maximum Gasteiger partial charge on any atom is 0.0397 e. The highest BCUT2D eigenvalue weighted by Gasteiger charge is 2.42. The van der Waals surface area contributed by atoms with Crippen LogP contribution in [-0.4, -0.2) is 31.1 Å². The van der Waals surface area contributed by atoms with Crippen LogP contribution in [0.5, 0.6) is 0 Å². The van der Waals surface area contributed by atoms with Crippen molar-refractivity contribution in [1.82, 2.24) is 4.90 Å². The second-order valence-electron chi connectivity index (χ2n) is 7.11. The SMILES string of the molecule is C=C([C@H]1C[C@H]1c1ccccc1)N1CCN(c2ccccc2C)CC1. The van der Waals surface area contributed by atoms with Crippen molar-refractivity contribution in [3.05, 3.63) is 78.0 Å². The number of hydrogen-bond donors (Lipinski definition) is 0. The smallest absolute Gasteiger partial charge is 0.0397 e. The van der Waals surface area contributed by atoms with Gasteiger partial charge in [-0.05, 0) is 36.5 Å². The fourth-order valence-electron chi connectivity index (χ4n) is 4.02. The summed E-state index contributed by atoms with van der Waals surface area (Å²) in [5.74, 6) is 1.34. The van der Waals surface area contributed by atoms with Crippen LogP contribution in [0.3, 0.4) is 0 Å². The summed E-state index contributed by atoms with van der Waals surface area (Å²) in [6.45, 7) is 11.0. The van der Waals surface area contributed by atoms with E-state index in [9.17, 15) is 0 Å². The van der Waals surface area contributed by atoms with Crippen molar-refractivity contribution in [2.24, 2.45) is 5.92 Å². The number of piperazine rings is 1. The average Bonchev–Trinajstić information content (AvgIpc) is 3.43. The molecular weight excluding hydrogens is 292 g/mol. The molecule has 24 heavy (non-hydrogen) atoms. The molecule has 1 aliphatic heterocycles. The Morgan fingerprint density at radius 2 is 1.58 bits per heavy atom. The van der Waals surface area contributed by atoms with Gasteiger partial charge in [0.1, 0.15) is 0 Å². The van der Waals surface area contributed by atoms with Crippen molar-refractivity contribution in [2.45, 2.75) is 19.3 Å². The Morgan fingerprint density at radius 1 is 0.917 bits per heavy atom. The lowest BCUT2D eigenvalue weighted by atomic mass is 10.1. The minimum absolute atomic E-state index is 0.650. The third kappa shape index (κ3) is 2.93. The van der Waals surface area contributed by atoms with E-state index in [1.807, 2.05) is 0 Å². The van der Waals surface area contributed by atoms with Crippen LogP contribution in [0.2, 0.25) is 0 Å². The fraction of sp³-hybridized carbons (Fsp3) is 0.364. The van der Waals surface area contributed by atoms with Crippen LogP contribution < -0.4 is 4.90 Å². The Hall–Kier alpha value is -2.22. The molecule has 2 atom stereocenters. The first-order valence-electron chi connectivity index (χ1n) is 9.03. The first-order chi connectivity index (χ1) is 11.7. The van der Waals surface area contributed by atoms with Crippen molar-refractivity contribution in [3.63, 3.8) is 0 Å². The van der Waals surface area contributed by atoms with Gasteiger partial charge in [-0.15, -0.1) is 0 Å². The monoisotopic (exact) mass is 318 g/mol. The molecule has 2 fully saturated rings. The molecule has 1 saturated heterocycles. The van der Waals surface area contributed by atoms with Crippen molar-refractivity contribution in [3.8, 4) is 0 Å². The van der Waals surface area contributed by atoms with Gasteiger partial charge < -0.3 is 9.80 Å². The number of rotatable bonds is 4. The van der Waals surface area contributed by atoms with E-state index < -0.39 is 0 Å². The Balaban J connectivity index is 1.35. The molecule has 1 aliphatic carbocycles. The third-order valence-electron chi connectivity index (χ3n) is 5.59. The fourth-order valence-corrected chi connectivity index (χ4v) is 4.02. The number of anilines is 1. The zero-order valence-corrected chi connectivity index (χ0v) is 14.5. The molecule has 0 N–H and O–H groups in total. The summed E-state index contributed by atoms with van der Waals surface area (Å²) in [6, 6.07) is 19.6. The predicted molar refractivity (Wildman–Crippen MR) is 101 cm³/mol. The second-order valence-corrected chi connectivity index (χ2v) is 7.11. The normalized spacial score (nSPS) is 23.2. The molecule has 124 valence electrons. The van der Waals surface area contributed by atoms with Crippen LogP contribution in [0.25, 0.3) is 0 Å². The number of hydrogen-bond acceptors (Lipinski definition) is 2. The number of nitrogens with zero attached hydrogens (tertiary/aromatic N) is 2. The molecule has 2 aromatic carbocycles. The number of para-hydroxylation sites is 1. The summed E-state index contributed by atoms with van der Waals surface area (Å²) in [4.78, 5) is 5.03. The molecule has 1 heterocycles. The summed E-state index contributed by atoms with van der Waals surface area (Å²) < 4.78 is 0. The summed E-state index contributed by atoms with van der Waals surface area (Å²) in [5, 5.41) is 0. The first-order valence-corrected chi connectivity index (χ1v) is 9.03. The Morgan fingerprint density at radius 3 is 2.29 bits per heavy atom. The summed E-state index contributed by atoms with van der Waals surface area (Å²) in [7, 11) is 0. The van der Waals surface area contributed by atoms with E-state index in [1.54, 1.807) is 0 Å². The van der Waals surface area contributed by atoms with E-state index in [-0.39, 0.29) is 0 Å². The van der Waals surface area contributed by atoms with Crippen LogP contribution in [-0.2, 0) is 0 Å². The maximum atomic E-state index is 4.44. The van der Waals surface area contributed by atoms with Crippen molar-refractivity contribution in [2.75, 3.05) is 31.1 Å². The van der Waals surface area contributed by atoms with Gasteiger partial charge in [-0.3, -0.25) is 0 Å². The molecule has 2 heteroatoms. The van der Waals surface area contributed by atoms with E-state index in [0.29, 0.717) is 11.8 Å². The molecule has 2 aliphatic rings. The Bertz CT molecular complexity index is 714. The molecule has 0 radical (unpaired) electrons. The standard InChI is InChI=1S/C22H26N2/c1-17-8-6-7-11-22(17)24-14-12-23(13-15-24)18(2)20-16-21(20)19-9-4-3-5-10-19/h3-11,20-21H,2,12-16H2,1H3/t20-,21+/m1/s1. The molecule has 0 bridgehead atoms. The van der Waals surface area contributed by atoms with Gasteiger partial charge in [0, 0.05) is 43.5 Å². The van der Waals surface area contributed by atoms with Gasteiger partial charge in [-0.25, -0.2) is 0 Å². The number of aryl methyl sites for hydroxylation is 1. The van der Waals surface area contributed by atoms with Crippen LogP contribution >= 0.6 is 0 Å². The molecule has 0 aromatic heterocycles. The van der Waals surface area contributed by atoms with E-state index >= 15 is 0 Å². The minimum Gasteiger partial charge on any atom is -0.372 e. The largest absolute Gasteiger partial charge is 0.372 e. The topological polar surface area (TPSA) is 6.48 Å². The quantitative estimate of drug-likeness (QED) is 0.822. The maximum absolute atomic E-state index is 4.44. The summed E-state index contributed by atoms with van der Waals surface area (Å²) >= 11 is 0. The number of benzene rings is 2. The third-order valence-corrected chi connectivity index (χ3v) is 5.59. The van der Waals surface area contributed by atoms with Crippen LogP contribution in [0, 0.1) is 12.8 Å². The van der Waals surface area contributed by atoms with E-state index in [4.69, 9.17) is 0 Å². The average molecular weight is 318 g/mol. The van der Waals surface area contributed by atoms with Gasteiger partial charge in [-0.1, -0.05) is 55.1 Å². The molecular formula is C22H26N2. The minimum atomic E-state index is 0.650. The predicted octanol–water partition coefficient (Wildman–Crippen LogP) is 4.43. The van der Waals surface area contributed by atoms with Gasteiger partial charge in [0.15, 0.2) is 0 Å². The van der Waals surface area contributed by atoms with Crippen LogP contribution in [0.4, 0.5) is 5.69 Å². The molecule has 4 rings (SSSR count). The molecule has 0 spiro atoms. The van der Waals surface area contributed by atoms with Gasteiger partial charge in [-0.2, -0.15) is 0 Å². The van der Waals surface area contributed by atoms with E-state index in [2.05, 4.69) is 77.9 Å². The highest BCUT2D eigenvalue weighted by molar-refractivity contribution is 5.53. The molecule has 0 unspecified atom stereocenters. The second kappa shape index (κ2) is 6.35. The van der Waals surface area contributed by atoms with Crippen LogP contribution in [0.15, 0.2) is 66.9 Å². The molecule has 2 nitrogen and oxygen atoms in total. The lowest BCUT2D eigenvalue weighted by Crippen LogP contribution is -2.46. The van der Waals surface area contributed by atoms with Gasteiger partial charge in [0.2, 0.25) is 0 Å². The molecule has 1 saturated carbocycles. The van der Waals surface area contributed by atoms with E-state index in [1.165, 1.54) is 28.9 Å². The number of allylic oxidation sites excluding steroid dienone is 1. The Kier molecular flexibility index (Phi) is 4.05. The highest BCUT2D eigenvalue weighted by atomic mass is 15.3.